The molecule has 0 fully saturated rings. The molecule has 0 unspecified atom stereocenters. The molecule has 0 nitrogen and oxygen atoms in total. The van der Waals surface area contributed by atoms with Crippen LogP contribution in [0.3, 0.4) is 0 Å². The van der Waals surface area contributed by atoms with E-state index in [1.54, 1.807) is 0 Å². The average Bonchev–Trinajstić information content (AvgIpc) is 0. The second-order valence-corrected chi connectivity index (χ2v) is 0. The predicted octanol–water partition coefficient (Wildman–Crippen LogP) is -1.34. The van der Waals surface area contributed by atoms with Gasteiger partial charge in [0.25, 0.3) is 0 Å². The largest absolute Gasteiger partial charge is 2.00 e. The van der Waals surface area contributed by atoms with Gasteiger partial charge in [-0.3, -0.25) is 0 Å². The van der Waals surface area contributed by atoms with Crippen molar-refractivity contribution in [1.82, 2.24) is 0 Å². The number of hydrogen-bond acceptors (Lipinski definition) is 0. The van der Waals surface area contributed by atoms with Crippen molar-refractivity contribution in [2.45, 2.75) is 0 Å². The van der Waals surface area contributed by atoms with Gasteiger partial charge >= 0.3 is 23.1 Å². The van der Waals surface area contributed by atoms with Crippen LogP contribution in [-0.2, 0) is 38.8 Å². The summed E-state index contributed by atoms with van der Waals surface area (Å²) in [5.74, 6) is 0. The van der Waals surface area contributed by atoms with E-state index in [1.807, 2.05) is 0 Å². The first-order chi connectivity index (χ1) is 0. The second kappa shape index (κ2) is 17.7. The SMILES string of the molecule is [AlH3].[H-].[H-].[Mg+2].[Mn].[Ti]. The summed E-state index contributed by atoms with van der Waals surface area (Å²) in [4.78, 5) is 0. The van der Waals surface area contributed by atoms with Crippen LogP contribution in [0.5, 0.6) is 0 Å². The summed E-state index contributed by atoms with van der Waals surface area (Å²) in [6.07, 6.45) is 0. The van der Waals surface area contributed by atoms with Gasteiger partial charge < -0.3 is 2.85 Å². The summed E-state index contributed by atoms with van der Waals surface area (Å²) in [6, 6.07) is 0. The summed E-state index contributed by atoms with van der Waals surface area (Å²) in [5.41, 5.74) is 0. The normalized spacial score (nSPS) is 0. The van der Waals surface area contributed by atoms with Gasteiger partial charge in [0.2, 0.25) is 0 Å². The maximum atomic E-state index is 0. The van der Waals surface area contributed by atoms with Crippen molar-refractivity contribution in [2.24, 2.45) is 0 Å². The summed E-state index contributed by atoms with van der Waals surface area (Å²) < 4.78 is 0. The first-order valence-electron chi connectivity index (χ1n) is 0. The van der Waals surface area contributed by atoms with E-state index in [-0.39, 0.29) is 82.1 Å². The second-order valence-electron chi connectivity index (χ2n) is 0. The Morgan fingerprint density at radius 3 is 1.25 bits per heavy atom. The molecule has 0 saturated heterocycles. The Labute approximate surface area is 81.1 Å². The van der Waals surface area contributed by atoms with Gasteiger partial charge in [0.15, 0.2) is 17.4 Å². The maximum Gasteiger partial charge on any atom is 2.00 e. The van der Waals surface area contributed by atoms with Gasteiger partial charge in [0.1, 0.15) is 0 Å². The molecule has 0 aliphatic carbocycles. The minimum Gasteiger partial charge on any atom is -1.00 e. The quantitative estimate of drug-likeness (QED) is 0.384. The van der Waals surface area contributed by atoms with Crippen LogP contribution in [0.4, 0.5) is 0 Å². The fraction of sp³-hybridized carbons (Fsp3) is 0. The van der Waals surface area contributed by atoms with Gasteiger partial charge in [-0.2, -0.15) is 0 Å². The van der Waals surface area contributed by atoms with Gasteiger partial charge in [-0.15, -0.1) is 0 Å². The van der Waals surface area contributed by atoms with E-state index in [2.05, 4.69) is 0 Å². The van der Waals surface area contributed by atoms with Crippen LogP contribution in [-0.4, -0.2) is 40.4 Å². The van der Waals surface area contributed by atoms with Crippen LogP contribution < -0.4 is 0 Å². The Bertz CT molecular complexity index is 13.5. The Kier molecular flexibility index (Phi) is 138. The molecule has 4 heteroatoms. The Morgan fingerprint density at radius 1 is 1.25 bits per heavy atom. The van der Waals surface area contributed by atoms with E-state index < -0.39 is 0 Å². The van der Waals surface area contributed by atoms with Gasteiger partial charge in [-0.05, 0) is 0 Å². The third kappa shape index (κ3) is 8.82. The van der Waals surface area contributed by atoms with E-state index in [9.17, 15) is 0 Å². The van der Waals surface area contributed by atoms with Crippen LogP contribution in [0.2, 0.25) is 0 Å². The molecule has 0 bridgehead atoms. The monoisotopic (exact) mass is 159 g/mol. The smallest absolute Gasteiger partial charge is 1.00 e. The van der Waals surface area contributed by atoms with Crippen molar-refractivity contribution in [3.05, 3.63) is 0 Å². The zero-order valence-corrected chi connectivity index (χ0v) is 5.74. The minimum absolute atomic E-state index is 0. The molecule has 0 atom stereocenters. The fourth-order valence-electron chi connectivity index (χ4n) is 0. The molecular formula is H5AlMgMnTi. The van der Waals surface area contributed by atoms with E-state index in [1.165, 1.54) is 0 Å². The van der Waals surface area contributed by atoms with Crippen molar-refractivity contribution in [1.29, 1.82) is 0 Å². The zero-order chi connectivity index (χ0) is 0. The molecule has 0 aromatic carbocycles. The van der Waals surface area contributed by atoms with Crippen molar-refractivity contribution in [3.63, 3.8) is 0 Å². The number of rotatable bonds is 0. The van der Waals surface area contributed by atoms with E-state index in [4.69, 9.17) is 0 Å². The van der Waals surface area contributed by atoms with Crippen LogP contribution in [0.25, 0.3) is 0 Å². The molecule has 0 aromatic heterocycles. The third-order valence-corrected chi connectivity index (χ3v) is 0. The standard InChI is InChI=1S/Al.Mg.Mn.Ti.5H/q;+2;;;;;;2*-1. The Balaban J connectivity index is 0. The van der Waals surface area contributed by atoms with Gasteiger partial charge in [0.05, 0.1) is 0 Å². The van der Waals surface area contributed by atoms with Crippen molar-refractivity contribution in [3.8, 4) is 0 Å². The Hall–Kier alpha value is 2.53. The molecule has 0 aliphatic heterocycles. The molecule has 0 heterocycles. The topological polar surface area (TPSA) is 0 Å². The molecule has 21 valence electrons. The fourth-order valence-corrected chi connectivity index (χ4v) is 0. The third-order valence-electron chi connectivity index (χ3n) is 0. The molecule has 1 radical (unpaired) electrons. The number of hydrogen-bond donors (Lipinski definition) is 0. The van der Waals surface area contributed by atoms with Gasteiger partial charge in [0, 0.05) is 38.8 Å². The Morgan fingerprint density at radius 2 is 1.25 bits per heavy atom. The van der Waals surface area contributed by atoms with Crippen molar-refractivity contribution >= 4 is 40.4 Å². The molecule has 0 rings (SSSR count). The van der Waals surface area contributed by atoms with Crippen LogP contribution in [0, 0.1) is 0 Å². The van der Waals surface area contributed by atoms with E-state index >= 15 is 0 Å². The molecular weight excluding hydrogens is 154 g/mol. The van der Waals surface area contributed by atoms with E-state index in [0.29, 0.717) is 0 Å². The summed E-state index contributed by atoms with van der Waals surface area (Å²) in [7, 11) is 0. The molecule has 4 heavy (non-hydrogen) atoms. The molecule has 0 amide bonds. The van der Waals surface area contributed by atoms with Gasteiger partial charge in [-0.25, -0.2) is 0 Å². The molecule has 0 spiro atoms. The average molecular weight is 159 g/mol. The predicted molar refractivity (Wildman–Crippen MR) is 17.9 cm³/mol. The minimum atomic E-state index is 0. The maximum absolute atomic E-state index is 0. The molecule has 0 saturated carbocycles. The van der Waals surface area contributed by atoms with Gasteiger partial charge in [-0.1, -0.05) is 0 Å². The molecule has 0 aromatic rings. The zero-order valence-electron chi connectivity index (χ0n) is 3.59. The van der Waals surface area contributed by atoms with Crippen molar-refractivity contribution < 1.29 is 41.6 Å². The van der Waals surface area contributed by atoms with E-state index in [0.717, 1.165) is 0 Å². The first kappa shape index (κ1) is 31.2. The van der Waals surface area contributed by atoms with Crippen LogP contribution in [0.1, 0.15) is 2.85 Å². The summed E-state index contributed by atoms with van der Waals surface area (Å²) >= 11 is 0. The summed E-state index contributed by atoms with van der Waals surface area (Å²) in [5, 5.41) is 0. The molecule has 0 N–H and O–H groups in total. The molecule has 0 aliphatic rings. The van der Waals surface area contributed by atoms with Crippen LogP contribution in [0.15, 0.2) is 0 Å². The van der Waals surface area contributed by atoms with Crippen LogP contribution >= 0.6 is 0 Å². The van der Waals surface area contributed by atoms with Crippen molar-refractivity contribution in [2.75, 3.05) is 0 Å². The summed E-state index contributed by atoms with van der Waals surface area (Å²) in [6.45, 7) is 0. The first-order valence-corrected chi connectivity index (χ1v) is 0.